The number of hydrogen-bond acceptors (Lipinski definition) is 8. The highest BCUT2D eigenvalue weighted by molar-refractivity contribution is 6.10. The second-order valence-corrected chi connectivity index (χ2v) is 8.53. The van der Waals surface area contributed by atoms with Gasteiger partial charge >= 0.3 is 0 Å². The molecule has 2 N–H and O–H groups in total. The molecule has 1 fully saturated rings. The number of benzene rings is 1. The van der Waals surface area contributed by atoms with Crippen LogP contribution in [0, 0.1) is 6.92 Å². The van der Waals surface area contributed by atoms with Gasteiger partial charge in [-0.25, -0.2) is 4.98 Å². The molecule has 0 radical (unpaired) electrons. The number of fused-ring (bicyclic) bond motifs is 4. The van der Waals surface area contributed by atoms with Crippen LogP contribution in [-0.2, 0) is 22.7 Å². The van der Waals surface area contributed by atoms with E-state index in [1.807, 2.05) is 19.1 Å². The van der Waals surface area contributed by atoms with E-state index in [1.54, 1.807) is 0 Å². The predicted octanol–water partition coefficient (Wildman–Crippen LogP) is 2.12. The lowest BCUT2D eigenvalue weighted by atomic mass is 10.1. The zero-order valence-corrected chi connectivity index (χ0v) is 18.7. The summed E-state index contributed by atoms with van der Waals surface area (Å²) >= 11 is 0. The van der Waals surface area contributed by atoms with Crippen LogP contribution in [0.2, 0.25) is 0 Å². The number of H-pyrrole nitrogens is 1. The van der Waals surface area contributed by atoms with Gasteiger partial charge in [0.1, 0.15) is 19.0 Å². The van der Waals surface area contributed by atoms with Crippen LogP contribution < -0.4 is 25.2 Å². The van der Waals surface area contributed by atoms with Gasteiger partial charge in [0.15, 0.2) is 11.5 Å². The van der Waals surface area contributed by atoms with E-state index >= 15 is 0 Å². The van der Waals surface area contributed by atoms with Crippen molar-refractivity contribution in [3.05, 3.63) is 50.9 Å². The molecule has 1 aromatic carbocycles. The van der Waals surface area contributed by atoms with Crippen LogP contribution in [0.1, 0.15) is 27.2 Å². The number of carbonyl (C=O) groups is 1. The standard InChI is InChI=1S/C24H24N4O6/c1-13-8-19(29)27-20-15(13)10-17(21-22(20)34-7-6-33-21)26-24(30)16-9-14-11-32-12-18(14)25-23(16)28-2-4-31-5-3-28/h8-10H,2-7,11-12H2,1H3,(H,26,30)(H,27,29). The topological polar surface area (TPSA) is 115 Å². The van der Waals surface area contributed by atoms with Gasteiger partial charge in [0.05, 0.1) is 48.9 Å². The van der Waals surface area contributed by atoms with Gasteiger partial charge in [0, 0.05) is 30.1 Å². The van der Waals surface area contributed by atoms with Gasteiger partial charge in [0.25, 0.3) is 5.91 Å². The highest BCUT2D eigenvalue weighted by Crippen LogP contribution is 2.43. The third-order valence-electron chi connectivity index (χ3n) is 6.30. The summed E-state index contributed by atoms with van der Waals surface area (Å²) in [5.41, 5.74) is 3.83. The molecule has 3 aromatic rings. The van der Waals surface area contributed by atoms with E-state index in [4.69, 9.17) is 23.9 Å². The molecule has 176 valence electrons. The van der Waals surface area contributed by atoms with Crippen molar-refractivity contribution in [1.29, 1.82) is 0 Å². The first kappa shape index (κ1) is 20.9. The average Bonchev–Trinajstić information content (AvgIpc) is 3.32. The first-order valence-corrected chi connectivity index (χ1v) is 11.3. The summed E-state index contributed by atoms with van der Waals surface area (Å²) in [6.45, 7) is 5.88. The van der Waals surface area contributed by atoms with Crippen LogP contribution in [-0.4, -0.2) is 55.4 Å². The van der Waals surface area contributed by atoms with Crippen molar-refractivity contribution in [2.75, 3.05) is 49.7 Å². The molecule has 2 aromatic heterocycles. The monoisotopic (exact) mass is 464 g/mol. The minimum atomic E-state index is -0.304. The molecule has 1 saturated heterocycles. The Bertz CT molecular complexity index is 1360. The fourth-order valence-corrected chi connectivity index (χ4v) is 4.63. The molecule has 34 heavy (non-hydrogen) atoms. The lowest BCUT2D eigenvalue weighted by Crippen LogP contribution is -2.38. The molecule has 0 saturated carbocycles. The Morgan fingerprint density at radius 2 is 1.82 bits per heavy atom. The number of rotatable bonds is 3. The summed E-state index contributed by atoms with van der Waals surface area (Å²) in [4.78, 5) is 35.4. The molecule has 0 atom stereocenters. The molecule has 1 amide bonds. The maximum atomic E-state index is 13.6. The van der Waals surface area contributed by atoms with E-state index in [-0.39, 0.29) is 11.5 Å². The number of ether oxygens (including phenoxy) is 4. The Balaban J connectivity index is 1.44. The van der Waals surface area contributed by atoms with Crippen molar-refractivity contribution in [2.24, 2.45) is 0 Å². The van der Waals surface area contributed by atoms with E-state index in [1.165, 1.54) is 6.07 Å². The smallest absolute Gasteiger partial charge is 0.259 e. The van der Waals surface area contributed by atoms with Gasteiger partial charge in [-0.05, 0) is 24.6 Å². The van der Waals surface area contributed by atoms with Crippen molar-refractivity contribution >= 4 is 28.3 Å². The molecular weight excluding hydrogens is 440 g/mol. The van der Waals surface area contributed by atoms with Crippen molar-refractivity contribution in [2.45, 2.75) is 20.1 Å². The Morgan fingerprint density at radius 3 is 2.65 bits per heavy atom. The van der Waals surface area contributed by atoms with E-state index < -0.39 is 0 Å². The molecule has 5 heterocycles. The number of aryl methyl sites for hydroxylation is 1. The first-order chi connectivity index (χ1) is 16.6. The fourth-order valence-electron chi connectivity index (χ4n) is 4.63. The molecule has 6 rings (SSSR count). The second-order valence-electron chi connectivity index (χ2n) is 8.53. The van der Waals surface area contributed by atoms with Gasteiger partial charge < -0.3 is 34.1 Å². The van der Waals surface area contributed by atoms with E-state index in [2.05, 4.69) is 15.2 Å². The van der Waals surface area contributed by atoms with Crippen LogP contribution in [0.15, 0.2) is 23.0 Å². The summed E-state index contributed by atoms with van der Waals surface area (Å²) in [5.74, 6) is 1.14. The molecule has 0 spiro atoms. The molecule has 10 heteroatoms. The third-order valence-corrected chi connectivity index (χ3v) is 6.30. The lowest BCUT2D eigenvalue weighted by molar-refractivity contribution is 0.102. The van der Waals surface area contributed by atoms with Crippen LogP contribution in [0.4, 0.5) is 11.5 Å². The second kappa shape index (κ2) is 8.30. The molecule has 0 unspecified atom stereocenters. The molecular formula is C24H24N4O6. The van der Waals surface area contributed by atoms with Crippen molar-refractivity contribution in [3.8, 4) is 11.5 Å². The number of aromatic amines is 1. The Kier molecular flexibility index (Phi) is 5.11. The zero-order chi connectivity index (χ0) is 23.2. The van der Waals surface area contributed by atoms with Gasteiger partial charge in [-0.15, -0.1) is 0 Å². The number of aromatic nitrogens is 2. The van der Waals surface area contributed by atoms with Crippen molar-refractivity contribution in [1.82, 2.24) is 9.97 Å². The minimum absolute atomic E-state index is 0.222. The van der Waals surface area contributed by atoms with Gasteiger partial charge in [0.2, 0.25) is 5.56 Å². The summed E-state index contributed by atoms with van der Waals surface area (Å²) in [7, 11) is 0. The highest BCUT2D eigenvalue weighted by Gasteiger charge is 2.28. The van der Waals surface area contributed by atoms with Crippen molar-refractivity contribution in [3.63, 3.8) is 0 Å². The van der Waals surface area contributed by atoms with E-state index in [0.29, 0.717) is 86.8 Å². The summed E-state index contributed by atoms with van der Waals surface area (Å²) < 4.78 is 22.8. The number of anilines is 2. The molecule has 0 aliphatic carbocycles. The maximum Gasteiger partial charge on any atom is 0.259 e. The number of hydrogen-bond donors (Lipinski definition) is 2. The van der Waals surface area contributed by atoms with Crippen LogP contribution in [0.5, 0.6) is 11.5 Å². The summed E-state index contributed by atoms with van der Waals surface area (Å²) in [6.07, 6.45) is 0. The van der Waals surface area contributed by atoms with Crippen molar-refractivity contribution < 1.29 is 23.7 Å². The molecule has 10 nitrogen and oxygen atoms in total. The van der Waals surface area contributed by atoms with Crippen LogP contribution >= 0.6 is 0 Å². The highest BCUT2D eigenvalue weighted by atomic mass is 16.6. The van der Waals surface area contributed by atoms with Crippen LogP contribution in [0.25, 0.3) is 10.9 Å². The lowest BCUT2D eigenvalue weighted by Gasteiger charge is -2.29. The molecule has 3 aliphatic heterocycles. The number of morpholine rings is 1. The number of pyridine rings is 2. The van der Waals surface area contributed by atoms with E-state index in [0.717, 1.165) is 22.2 Å². The quantitative estimate of drug-likeness (QED) is 0.606. The Labute approximate surface area is 194 Å². The normalized spacial score (nSPS) is 17.0. The largest absolute Gasteiger partial charge is 0.484 e. The van der Waals surface area contributed by atoms with Crippen LogP contribution in [0.3, 0.4) is 0 Å². The number of nitrogens with one attached hydrogen (secondary N) is 2. The van der Waals surface area contributed by atoms with Gasteiger partial charge in [-0.1, -0.05) is 0 Å². The Morgan fingerprint density at radius 1 is 1.03 bits per heavy atom. The minimum Gasteiger partial charge on any atom is -0.484 e. The third kappa shape index (κ3) is 3.55. The number of amides is 1. The summed E-state index contributed by atoms with van der Waals surface area (Å²) in [6, 6.07) is 5.19. The molecule has 3 aliphatic rings. The van der Waals surface area contributed by atoms with E-state index in [9.17, 15) is 9.59 Å². The number of carbonyl (C=O) groups excluding carboxylic acids is 1. The maximum absolute atomic E-state index is 13.6. The Hall–Kier alpha value is -3.63. The SMILES string of the molecule is Cc1cc(=O)[nH]c2c3c(c(NC(=O)c4cc5c(nc4N4CCOCC4)COC5)cc12)OCCO3. The predicted molar refractivity (Wildman–Crippen MR) is 124 cm³/mol. The summed E-state index contributed by atoms with van der Waals surface area (Å²) in [5, 5.41) is 3.79. The zero-order valence-electron chi connectivity index (χ0n) is 18.7. The average molecular weight is 464 g/mol. The first-order valence-electron chi connectivity index (χ1n) is 11.3. The molecule has 0 bridgehead atoms. The van der Waals surface area contributed by atoms with Gasteiger partial charge in [-0.2, -0.15) is 0 Å². The fraction of sp³-hybridized carbons (Fsp3) is 0.375. The number of nitrogens with zero attached hydrogens (tertiary/aromatic N) is 2. The van der Waals surface area contributed by atoms with Gasteiger partial charge in [-0.3, -0.25) is 9.59 Å².